The predicted octanol–water partition coefficient (Wildman–Crippen LogP) is 1.70. The van der Waals surface area contributed by atoms with E-state index >= 15 is 0 Å². The molecule has 124 valence electrons. The normalized spacial score (nSPS) is 32.3. The third-order valence-corrected chi connectivity index (χ3v) is 5.79. The van der Waals surface area contributed by atoms with Crippen LogP contribution in [0, 0.1) is 0 Å². The molecule has 4 aliphatic heterocycles. The average Bonchev–Trinajstić information content (AvgIpc) is 2.89. The SMILES string of the molecule is CC1(C)CN(C(=O)C2CN3CCCN2CC3)Cc2ccccc21. The summed E-state index contributed by atoms with van der Waals surface area (Å²) < 4.78 is 0. The lowest BCUT2D eigenvalue weighted by Gasteiger charge is -2.44. The minimum absolute atomic E-state index is 0.0316. The standard InChI is InChI=1S/C19H27N3O/c1-19(2)14-22(12-15-6-3-4-7-16(15)19)18(23)17-13-20-8-5-9-21(17)11-10-20/h3-4,6-7,17H,5,8-14H2,1-2H3. The van der Waals surface area contributed by atoms with Gasteiger partial charge in [-0.1, -0.05) is 38.1 Å². The van der Waals surface area contributed by atoms with Gasteiger partial charge in [0.25, 0.3) is 0 Å². The van der Waals surface area contributed by atoms with Crippen LogP contribution in [0.1, 0.15) is 31.4 Å². The van der Waals surface area contributed by atoms with Crippen molar-refractivity contribution in [3.8, 4) is 0 Å². The zero-order chi connectivity index (χ0) is 16.0. The van der Waals surface area contributed by atoms with E-state index in [4.69, 9.17) is 0 Å². The van der Waals surface area contributed by atoms with Crippen LogP contribution in [-0.2, 0) is 16.8 Å². The first-order chi connectivity index (χ1) is 11.0. The predicted molar refractivity (Wildman–Crippen MR) is 91.3 cm³/mol. The Bertz CT molecular complexity index is 608. The fraction of sp³-hybridized carbons (Fsp3) is 0.632. The molecule has 3 unspecified atom stereocenters. The van der Waals surface area contributed by atoms with Gasteiger partial charge in [0.1, 0.15) is 6.04 Å². The summed E-state index contributed by atoms with van der Waals surface area (Å²) in [5.41, 5.74) is 2.74. The Morgan fingerprint density at radius 3 is 2.83 bits per heavy atom. The van der Waals surface area contributed by atoms with Crippen molar-refractivity contribution in [3.63, 3.8) is 0 Å². The minimum atomic E-state index is 0.0316. The molecule has 0 saturated carbocycles. The summed E-state index contributed by atoms with van der Waals surface area (Å²) >= 11 is 0. The monoisotopic (exact) mass is 313 g/mol. The number of rotatable bonds is 1. The number of piperazine rings is 1. The number of fused-ring (bicyclic) bond motifs is 5. The molecule has 1 aromatic rings. The van der Waals surface area contributed by atoms with E-state index in [-0.39, 0.29) is 11.5 Å². The average molecular weight is 313 g/mol. The smallest absolute Gasteiger partial charge is 0.241 e. The molecule has 3 fully saturated rings. The van der Waals surface area contributed by atoms with Crippen LogP contribution in [0.3, 0.4) is 0 Å². The van der Waals surface area contributed by atoms with Crippen LogP contribution in [0.15, 0.2) is 24.3 Å². The molecular weight excluding hydrogens is 286 g/mol. The van der Waals surface area contributed by atoms with Gasteiger partial charge in [0.2, 0.25) is 5.91 Å². The molecule has 23 heavy (non-hydrogen) atoms. The molecule has 0 aromatic heterocycles. The van der Waals surface area contributed by atoms with Crippen molar-refractivity contribution in [2.24, 2.45) is 0 Å². The summed E-state index contributed by atoms with van der Waals surface area (Å²) in [5.74, 6) is 0.333. The van der Waals surface area contributed by atoms with E-state index in [0.29, 0.717) is 5.91 Å². The second-order valence-corrected chi connectivity index (χ2v) is 7.94. The van der Waals surface area contributed by atoms with E-state index in [1.165, 1.54) is 17.5 Å². The molecule has 1 aromatic carbocycles. The Morgan fingerprint density at radius 2 is 1.96 bits per heavy atom. The molecule has 0 spiro atoms. The van der Waals surface area contributed by atoms with E-state index in [2.05, 4.69) is 52.8 Å². The first-order valence-electron chi connectivity index (χ1n) is 8.88. The highest BCUT2D eigenvalue weighted by Crippen LogP contribution is 2.34. The molecular formula is C19H27N3O. The van der Waals surface area contributed by atoms with Gasteiger partial charge in [-0.25, -0.2) is 0 Å². The van der Waals surface area contributed by atoms with Crippen LogP contribution >= 0.6 is 0 Å². The third-order valence-electron chi connectivity index (χ3n) is 5.79. The maximum Gasteiger partial charge on any atom is 0.241 e. The van der Waals surface area contributed by atoms with Crippen molar-refractivity contribution < 1.29 is 4.79 Å². The highest BCUT2D eigenvalue weighted by atomic mass is 16.2. The Morgan fingerprint density at radius 1 is 1.13 bits per heavy atom. The molecule has 3 saturated heterocycles. The fourth-order valence-corrected chi connectivity index (χ4v) is 4.59. The number of hydrogen-bond acceptors (Lipinski definition) is 3. The van der Waals surface area contributed by atoms with Crippen molar-refractivity contribution in [3.05, 3.63) is 35.4 Å². The van der Waals surface area contributed by atoms with Gasteiger partial charge in [0.15, 0.2) is 0 Å². The lowest BCUT2D eigenvalue weighted by molar-refractivity contribution is -0.140. The van der Waals surface area contributed by atoms with Gasteiger partial charge in [-0.3, -0.25) is 14.6 Å². The largest absolute Gasteiger partial charge is 0.336 e. The topological polar surface area (TPSA) is 26.8 Å². The number of amides is 1. The zero-order valence-electron chi connectivity index (χ0n) is 14.3. The van der Waals surface area contributed by atoms with E-state index in [9.17, 15) is 4.79 Å². The van der Waals surface area contributed by atoms with Crippen LogP contribution < -0.4 is 0 Å². The maximum absolute atomic E-state index is 13.3. The first kappa shape index (κ1) is 15.2. The fourth-order valence-electron chi connectivity index (χ4n) is 4.59. The zero-order valence-corrected chi connectivity index (χ0v) is 14.3. The highest BCUT2D eigenvalue weighted by molar-refractivity contribution is 5.83. The highest BCUT2D eigenvalue weighted by Gasteiger charge is 2.40. The molecule has 1 amide bonds. The first-order valence-corrected chi connectivity index (χ1v) is 8.88. The van der Waals surface area contributed by atoms with Gasteiger partial charge in [-0.15, -0.1) is 0 Å². The Balaban J connectivity index is 1.58. The van der Waals surface area contributed by atoms with Crippen molar-refractivity contribution in [2.45, 2.75) is 38.3 Å². The summed E-state index contributed by atoms with van der Waals surface area (Å²) in [6.07, 6.45) is 1.19. The molecule has 4 heteroatoms. The van der Waals surface area contributed by atoms with Gasteiger partial charge < -0.3 is 4.90 Å². The maximum atomic E-state index is 13.3. The van der Waals surface area contributed by atoms with Crippen LogP contribution in [-0.4, -0.2) is 65.9 Å². The van der Waals surface area contributed by atoms with Crippen LogP contribution in [0.2, 0.25) is 0 Å². The quantitative estimate of drug-likeness (QED) is 0.789. The molecule has 4 heterocycles. The summed E-state index contributed by atoms with van der Waals surface area (Å²) in [5, 5.41) is 0. The Kier molecular flexibility index (Phi) is 3.69. The number of nitrogens with zero attached hydrogens (tertiary/aromatic N) is 3. The van der Waals surface area contributed by atoms with Gasteiger partial charge in [0.05, 0.1) is 0 Å². The Hall–Kier alpha value is -1.39. The molecule has 2 bridgehead atoms. The van der Waals surface area contributed by atoms with Gasteiger partial charge in [-0.05, 0) is 24.1 Å². The number of carbonyl (C=O) groups is 1. The summed E-state index contributed by atoms with van der Waals surface area (Å²) in [4.78, 5) is 20.2. The summed E-state index contributed by atoms with van der Waals surface area (Å²) in [7, 11) is 0. The van der Waals surface area contributed by atoms with Crippen molar-refractivity contribution in [2.75, 3.05) is 39.3 Å². The molecule has 4 aliphatic rings. The van der Waals surface area contributed by atoms with Crippen LogP contribution in [0.4, 0.5) is 0 Å². The minimum Gasteiger partial charge on any atom is -0.336 e. The molecule has 3 atom stereocenters. The van der Waals surface area contributed by atoms with Gasteiger partial charge >= 0.3 is 0 Å². The van der Waals surface area contributed by atoms with Crippen molar-refractivity contribution in [1.29, 1.82) is 0 Å². The Labute approximate surface area is 139 Å². The van der Waals surface area contributed by atoms with Crippen LogP contribution in [0.5, 0.6) is 0 Å². The lowest BCUT2D eigenvalue weighted by atomic mass is 9.78. The summed E-state index contributed by atoms with van der Waals surface area (Å²) in [6.45, 7) is 11.4. The number of benzene rings is 1. The molecule has 5 rings (SSSR count). The van der Waals surface area contributed by atoms with Gasteiger partial charge in [-0.2, -0.15) is 0 Å². The van der Waals surface area contributed by atoms with E-state index < -0.39 is 0 Å². The molecule has 0 N–H and O–H groups in total. The van der Waals surface area contributed by atoms with Gasteiger partial charge in [0, 0.05) is 44.7 Å². The van der Waals surface area contributed by atoms with E-state index in [0.717, 1.165) is 45.8 Å². The molecule has 0 aliphatic carbocycles. The molecule has 0 radical (unpaired) electrons. The van der Waals surface area contributed by atoms with Crippen molar-refractivity contribution in [1.82, 2.24) is 14.7 Å². The summed E-state index contributed by atoms with van der Waals surface area (Å²) in [6, 6.07) is 8.67. The number of hydrogen-bond donors (Lipinski definition) is 0. The second kappa shape index (κ2) is 5.60. The molecule has 4 nitrogen and oxygen atoms in total. The number of carbonyl (C=O) groups excluding carboxylic acids is 1. The van der Waals surface area contributed by atoms with Crippen LogP contribution in [0.25, 0.3) is 0 Å². The third kappa shape index (κ3) is 2.68. The van der Waals surface area contributed by atoms with Crippen molar-refractivity contribution >= 4 is 5.91 Å². The van der Waals surface area contributed by atoms with E-state index in [1.54, 1.807) is 0 Å². The lowest BCUT2D eigenvalue weighted by Crippen LogP contribution is -2.59. The van der Waals surface area contributed by atoms with E-state index in [1.807, 2.05) is 0 Å². The second-order valence-electron chi connectivity index (χ2n) is 7.94.